The molecule has 2 atom stereocenters. The van der Waals surface area contributed by atoms with E-state index in [2.05, 4.69) is 26.1 Å². The smallest absolute Gasteiger partial charge is 0.0672 e. The maximum Gasteiger partial charge on any atom is 0.0672 e. The summed E-state index contributed by atoms with van der Waals surface area (Å²) in [6.07, 6.45) is 7.25. The van der Waals surface area contributed by atoms with E-state index in [-0.39, 0.29) is 0 Å². The van der Waals surface area contributed by atoms with Crippen LogP contribution < -0.4 is 5.32 Å². The zero-order chi connectivity index (χ0) is 12.3. The van der Waals surface area contributed by atoms with Gasteiger partial charge < -0.3 is 10.1 Å². The van der Waals surface area contributed by atoms with Crippen LogP contribution in [0.4, 0.5) is 0 Å². The molecule has 100 valence electrons. The summed E-state index contributed by atoms with van der Waals surface area (Å²) in [5, 5.41) is 3.69. The molecule has 0 aromatic heterocycles. The van der Waals surface area contributed by atoms with Crippen molar-refractivity contribution in [2.45, 2.75) is 59.0 Å². The molecule has 1 aliphatic carbocycles. The van der Waals surface area contributed by atoms with Gasteiger partial charge in [0.2, 0.25) is 0 Å². The third kappa shape index (κ3) is 3.23. The number of rotatable bonds is 7. The first-order valence-corrected chi connectivity index (χ1v) is 7.50. The van der Waals surface area contributed by atoms with Crippen LogP contribution in [0.1, 0.15) is 52.9 Å². The van der Waals surface area contributed by atoms with E-state index in [1.807, 2.05) is 0 Å². The van der Waals surface area contributed by atoms with Crippen LogP contribution in [0.25, 0.3) is 0 Å². The molecule has 2 fully saturated rings. The van der Waals surface area contributed by atoms with Crippen molar-refractivity contribution in [3.8, 4) is 0 Å². The second-order valence-corrected chi connectivity index (χ2v) is 6.52. The first-order chi connectivity index (χ1) is 8.18. The molecule has 2 nitrogen and oxygen atoms in total. The third-order valence-corrected chi connectivity index (χ3v) is 4.33. The topological polar surface area (TPSA) is 21.3 Å². The lowest BCUT2D eigenvalue weighted by Gasteiger charge is -2.35. The highest BCUT2D eigenvalue weighted by atomic mass is 16.5. The maximum absolute atomic E-state index is 6.06. The number of hydrogen-bond donors (Lipinski definition) is 1. The molecule has 0 bridgehead atoms. The largest absolute Gasteiger partial charge is 0.377 e. The molecule has 1 saturated carbocycles. The minimum absolute atomic E-state index is 0.449. The van der Waals surface area contributed by atoms with Crippen LogP contribution in [0.5, 0.6) is 0 Å². The van der Waals surface area contributed by atoms with Crippen LogP contribution in [0, 0.1) is 17.3 Å². The van der Waals surface area contributed by atoms with Crippen LogP contribution in [0.3, 0.4) is 0 Å². The maximum atomic E-state index is 6.06. The quantitative estimate of drug-likeness (QED) is 0.736. The average molecular weight is 239 g/mol. The number of hydrogen-bond acceptors (Lipinski definition) is 2. The van der Waals surface area contributed by atoms with E-state index < -0.39 is 0 Å². The molecule has 1 N–H and O–H groups in total. The van der Waals surface area contributed by atoms with Crippen molar-refractivity contribution in [1.82, 2.24) is 5.32 Å². The minimum atomic E-state index is 0.449. The first kappa shape index (κ1) is 13.4. The van der Waals surface area contributed by atoms with Gasteiger partial charge in [-0.2, -0.15) is 0 Å². The highest BCUT2D eigenvalue weighted by Crippen LogP contribution is 2.49. The van der Waals surface area contributed by atoms with Crippen molar-refractivity contribution in [1.29, 1.82) is 0 Å². The average Bonchev–Trinajstić information content (AvgIpc) is 3.02. The molecule has 1 heterocycles. The van der Waals surface area contributed by atoms with Crippen LogP contribution in [0.2, 0.25) is 0 Å². The summed E-state index contributed by atoms with van der Waals surface area (Å²) >= 11 is 0. The van der Waals surface area contributed by atoms with Crippen LogP contribution in [-0.4, -0.2) is 25.8 Å². The summed E-state index contributed by atoms with van der Waals surface area (Å²) in [4.78, 5) is 0. The lowest BCUT2D eigenvalue weighted by atomic mass is 9.75. The molecule has 1 saturated heterocycles. The summed E-state index contributed by atoms with van der Waals surface area (Å²) < 4.78 is 6.06. The van der Waals surface area contributed by atoms with Gasteiger partial charge in [0, 0.05) is 18.6 Å². The zero-order valence-corrected chi connectivity index (χ0v) is 11.8. The molecule has 2 unspecified atom stereocenters. The standard InChI is InChI=1S/C15H29NO/c1-4-7-15(11-16-10-12(2)3)8-9-17-14(15)13-5-6-13/h12-14,16H,4-11H2,1-3H3. The second-order valence-electron chi connectivity index (χ2n) is 6.52. The molecule has 2 heteroatoms. The van der Waals surface area contributed by atoms with Gasteiger partial charge in [0.25, 0.3) is 0 Å². The van der Waals surface area contributed by atoms with Crippen molar-refractivity contribution in [3.05, 3.63) is 0 Å². The summed E-state index contributed by atoms with van der Waals surface area (Å²) in [5.74, 6) is 1.63. The van der Waals surface area contributed by atoms with Gasteiger partial charge >= 0.3 is 0 Å². The zero-order valence-electron chi connectivity index (χ0n) is 11.8. The van der Waals surface area contributed by atoms with Crippen LogP contribution in [-0.2, 0) is 4.74 Å². The lowest BCUT2D eigenvalue weighted by molar-refractivity contribution is 0.0259. The Balaban J connectivity index is 1.92. The highest BCUT2D eigenvalue weighted by molar-refractivity contribution is 5.00. The summed E-state index contributed by atoms with van der Waals surface area (Å²) in [5.41, 5.74) is 0.449. The Labute approximate surface area is 107 Å². The van der Waals surface area contributed by atoms with E-state index in [1.54, 1.807) is 0 Å². The van der Waals surface area contributed by atoms with Gasteiger partial charge in [-0.1, -0.05) is 27.2 Å². The lowest BCUT2D eigenvalue weighted by Crippen LogP contribution is -2.42. The normalized spacial score (nSPS) is 33.5. The molecule has 0 radical (unpaired) electrons. The molecule has 1 aliphatic heterocycles. The number of nitrogens with one attached hydrogen (secondary N) is 1. The van der Waals surface area contributed by atoms with E-state index in [4.69, 9.17) is 4.74 Å². The summed E-state index contributed by atoms with van der Waals surface area (Å²) in [6, 6.07) is 0. The predicted molar refractivity (Wildman–Crippen MR) is 72.1 cm³/mol. The van der Waals surface area contributed by atoms with Crippen molar-refractivity contribution in [2.24, 2.45) is 17.3 Å². The van der Waals surface area contributed by atoms with E-state index in [1.165, 1.54) is 38.6 Å². The Morgan fingerprint density at radius 1 is 1.35 bits per heavy atom. The second kappa shape index (κ2) is 5.71. The SMILES string of the molecule is CCCC1(CNCC(C)C)CCOC1C1CC1. The van der Waals surface area contributed by atoms with Crippen molar-refractivity contribution in [2.75, 3.05) is 19.7 Å². The third-order valence-electron chi connectivity index (χ3n) is 4.33. The van der Waals surface area contributed by atoms with Gasteiger partial charge in [0.05, 0.1) is 6.10 Å². The minimum Gasteiger partial charge on any atom is -0.377 e. The number of ether oxygens (including phenoxy) is 1. The Kier molecular flexibility index (Phi) is 4.48. The Morgan fingerprint density at radius 3 is 2.71 bits per heavy atom. The predicted octanol–water partition coefficient (Wildman–Crippen LogP) is 3.22. The van der Waals surface area contributed by atoms with Crippen molar-refractivity contribution in [3.63, 3.8) is 0 Å². The van der Waals surface area contributed by atoms with Crippen LogP contribution in [0.15, 0.2) is 0 Å². The molecule has 2 rings (SSSR count). The molecule has 0 amide bonds. The van der Waals surface area contributed by atoms with Gasteiger partial charge in [-0.15, -0.1) is 0 Å². The fourth-order valence-corrected chi connectivity index (χ4v) is 3.40. The van der Waals surface area contributed by atoms with E-state index in [0.29, 0.717) is 11.5 Å². The molecule has 17 heavy (non-hydrogen) atoms. The van der Waals surface area contributed by atoms with Gasteiger partial charge in [-0.25, -0.2) is 0 Å². The van der Waals surface area contributed by atoms with Crippen molar-refractivity contribution < 1.29 is 4.74 Å². The van der Waals surface area contributed by atoms with Gasteiger partial charge in [0.15, 0.2) is 0 Å². The van der Waals surface area contributed by atoms with Gasteiger partial charge in [-0.3, -0.25) is 0 Å². The monoisotopic (exact) mass is 239 g/mol. The van der Waals surface area contributed by atoms with E-state index in [0.717, 1.165) is 25.0 Å². The molecular weight excluding hydrogens is 210 g/mol. The molecule has 0 aromatic rings. The highest BCUT2D eigenvalue weighted by Gasteiger charge is 2.49. The van der Waals surface area contributed by atoms with E-state index in [9.17, 15) is 0 Å². The van der Waals surface area contributed by atoms with Gasteiger partial charge in [-0.05, 0) is 44.1 Å². The summed E-state index contributed by atoms with van der Waals surface area (Å²) in [7, 11) is 0. The molecule has 0 aromatic carbocycles. The molecule has 2 aliphatic rings. The van der Waals surface area contributed by atoms with Gasteiger partial charge in [0.1, 0.15) is 0 Å². The fraction of sp³-hybridized carbons (Fsp3) is 1.00. The first-order valence-electron chi connectivity index (χ1n) is 7.50. The molecular formula is C15H29NO. The Hall–Kier alpha value is -0.0800. The Morgan fingerprint density at radius 2 is 2.12 bits per heavy atom. The van der Waals surface area contributed by atoms with Crippen molar-refractivity contribution >= 4 is 0 Å². The fourth-order valence-electron chi connectivity index (χ4n) is 3.40. The van der Waals surface area contributed by atoms with E-state index >= 15 is 0 Å². The Bertz CT molecular complexity index is 237. The summed E-state index contributed by atoms with van der Waals surface area (Å²) in [6.45, 7) is 10.2. The van der Waals surface area contributed by atoms with Crippen LogP contribution >= 0.6 is 0 Å². The molecule has 0 spiro atoms.